The predicted octanol–water partition coefficient (Wildman–Crippen LogP) is 2.98. The topological polar surface area (TPSA) is 65.3 Å². The van der Waals surface area contributed by atoms with Crippen LogP contribution >= 0.6 is 11.6 Å². The van der Waals surface area contributed by atoms with Gasteiger partial charge < -0.3 is 0 Å². The molecule has 2 amide bonds. The number of amides is 2. The number of benzene rings is 2. The summed E-state index contributed by atoms with van der Waals surface area (Å²) in [5.74, 6) is -1.37. The number of fused-ring (bicyclic) bond motifs is 1. The van der Waals surface area contributed by atoms with Crippen LogP contribution in [0.15, 0.2) is 58.9 Å². The first-order valence-electron chi connectivity index (χ1n) is 7.15. The Balaban J connectivity index is 1.69. The van der Waals surface area contributed by atoms with E-state index in [9.17, 15) is 14.0 Å². The SMILES string of the molecule is O=C1[C@@H]2N=NN(c3ccc(Cl)cc3)[C@H]2C(=O)N1c1ccc(F)cc1. The Hall–Kier alpha value is -2.80. The van der Waals surface area contributed by atoms with Crippen molar-refractivity contribution >= 4 is 34.8 Å². The van der Waals surface area contributed by atoms with E-state index in [0.717, 1.165) is 4.90 Å². The van der Waals surface area contributed by atoms with Gasteiger partial charge in [0, 0.05) is 5.02 Å². The molecule has 2 aromatic carbocycles. The first kappa shape index (κ1) is 14.8. The zero-order valence-electron chi connectivity index (χ0n) is 12.1. The van der Waals surface area contributed by atoms with E-state index in [2.05, 4.69) is 10.3 Å². The normalized spacial score (nSPS) is 22.4. The van der Waals surface area contributed by atoms with Crippen molar-refractivity contribution < 1.29 is 14.0 Å². The van der Waals surface area contributed by atoms with E-state index in [0.29, 0.717) is 16.4 Å². The molecule has 1 fully saturated rings. The van der Waals surface area contributed by atoms with Gasteiger partial charge in [0.05, 0.1) is 11.4 Å². The Morgan fingerprint density at radius 2 is 1.54 bits per heavy atom. The summed E-state index contributed by atoms with van der Waals surface area (Å²) in [6, 6.07) is 10.1. The largest absolute Gasteiger partial charge is 0.271 e. The van der Waals surface area contributed by atoms with Gasteiger partial charge in [-0.05, 0) is 48.5 Å². The Morgan fingerprint density at radius 1 is 0.917 bits per heavy atom. The Morgan fingerprint density at radius 3 is 2.21 bits per heavy atom. The van der Waals surface area contributed by atoms with Crippen molar-refractivity contribution in [2.24, 2.45) is 10.3 Å². The molecule has 2 aliphatic heterocycles. The minimum absolute atomic E-state index is 0.312. The third-order valence-electron chi connectivity index (χ3n) is 3.96. The molecule has 2 heterocycles. The van der Waals surface area contributed by atoms with Crippen molar-refractivity contribution in [2.45, 2.75) is 12.1 Å². The van der Waals surface area contributed by atoms with Gasteiger partial charge in [0.2, 0.25) is 0 Å². The molecule has 0 saturated carbocycles. The zero-order valence-corrected chi connectivity index (χ0v) is 12.9. The number of hydrogen-bond donors (Lipinski definition) is 0. The molecule has 6 nitrogen and oxygen atoms in total. The average Bonchev–Trinajstić information content (AvgIpc) is 3.11. The highest BCUT2D eigenvalue weighted by Crippen LogP contribution is 2.35. The van der Waals surface area contributed by atoms with Gasteiger partial charge >= 0.3 is 0 Å². The van der Waals surface area contributed by atoms with Gasteiger partial charge in [-0.2, -0.15) is 5.11 Å². The van der Waals surface area contributed by atoms with Gasteiger partial charge in [-0.1, -0.05) is 16.8 Å². The summed E-state index contributed by atoms with van der Waals surface area (Å²) in [7, 11) is 0. The minimum Gasteiger partial charge on any atom is -0.271 e. The van der Waals surface area contributed by atoms with E-state index in [-0.39, 0.29) is 0 Å². The summed E-state index contributed by atoms with van der Waals surface area (Å²) >= 11 is 5.86. The number of halogens is 2. The van der Waals surface area contributed by atoms with Gasteiger partial charge in [-0.3, -0.25) is 9.59 Å². The molecule has 1 saturated heterocycles. The van der Waals surface area contributed by atoms with E-state index >= 15 is 0 Å². The number of anilines is 2. The summed E-state index contributed by atoms with van der Waals surface area (Å²) in [5, 5.41) is 9.84. The molecule has 8 heteroatoms. The summed E-state index contributed by atoms with van der Waals surface area (Å²) in [6.45, 7) is 0. The molecule has 2 aliphatic rings. The number of carbonyl (C=O) groups is 2. The summed E-state index contributed by atoms with van der Waals surface area (Å²) in [6.07, 6.45) is 0. The maximum absolute atomic E-state index is 13.1. The Bertz CT molecular complexity index is 853. The van der Waals surface area contributed by atoms with Gasteiger partial charge in [0.15, 0.2) is 12.1 Å². The van der Waals surface area contributed by atoms with Crippen molar-refractivity contribution in [3.05, 3.63) is 59.4 Å². The maximum Gasteiger partial charge on any atom is 0.263 e. The van der Waals surface area contributed by atoms with Crippen molar-refractivity contribution in [2.75, 3.05) is 9.91 Å². The molecule has 0 radical (unpaired) electrons. The fourth-order valence-electron chi connectivity index (χ4n) is 2.81. The second kappa shape index (κ2) is 5.38. The summed E-state index contributed by atoms with van der Waals surface area (Å²) < 4.78 is 13.1. The smallest absolute Gasteiger partial charge is 0.263 e. The molecular formula is C16H10ClFN4O2. The minimum atomic E-state index is -0.904. The van der Waals surface area contributed by atoms with Crippen LogP contribution in [0.25, 0.3) is 0 Å². The van der Waals surface area contributed by atoms with Crippen molar-refractivity contribution in [1.82, 2.24) is 0 Å². The van der Waals surface area contributed by atoms with Crippen LogP contribution in [0.5, 0.6) is 0 Å². The number of carbonyl (C=O) groups excluding carboxylic acids is 2. The number of rotatable bonds is 2. The number of nitrogens with zero attached hydrogens (tertiary/aromatic N) is 4. The third kappa shape index (κ3) is 2.16. The second-order valence-electron chi connectivity index (χ2n) is 5.40. The lowest BCUT2D eigenvalue weighted by Gasteiger charge is -2.20. The molecular weight excluding hydrogens is 335 g/mol. The molecule has 0 unspecified atom stereocenters. The first-order chi connectivity index (χ1) is 11.6. The average molecular weight is 345 g/mol. The van der Waals surface area contributed by atoms with Crippen LogP contribution < -0.4 is 9.91 Å². The van der Waals surface area contributed by atoms with Crippen LogP contribution in [0.2, 0.25) is 5.02 Å². The van der Waals surface area contributed by atoms with Crippen LogP contribution in [0.3, 0.4) is 0 Å². The molecule has 0 aliphatic carbocycles. The summed E-state index contributed by atoms with van der Waals surface area (Å²) in [4.78, 5) is 26.3. The van der Waals surface area contributed by atoms with Crippen LogP contribution in [-0.4, -0.2) is 23.9 Å². The number of hydrogen-bond acceptors (Lipinski definition) is 5. The molecule has 0 bridgehead atoms. The van der Waals surface area contributed by atoms with Gasteiger partial charge in [-0.25, -0.2) is 14.3 Å². The van der Waals surface area contributed by atoms with E-state index in [4.69, 9.17) is 11.6 Å². The van der Waals surface area contributed by atoms with Crippen molar-refractivity contribution in [3.8, 4) is 0 Å². The van der Waals surface area contributed by atoms with E-state index < -0.39 is 29.7 Å². The van der Waals surface area contributed by atoms with Crippen molar-refractivity contribution in [3.63, 3.8) is 0 Å². The molecule has 2 aromatic rings. The predicted molar refractivity (Wildman–Crippen MR) is 85.3 cm³/mol. The highest BCUT2D eigenvalue weighted by Gasteiger charge is 2.55. The lowest BCUT2D eigenvalue weighted by molar-refractivity contribution is -0.121. The van der Waals surface area contributed by atoms with Gasteiger partial charge in [0.1, 0.15) is 5.82 Å². The second-order valence-corrected chi connectivity index (χ2v) is 5.84. The fraction of sp³-hybridized carbons (Fsp3) is 0.125. The monoisotopic (exact) mass is 344 g/mol. The molecule has 0 spiro atoms. The third-order valence-corrected chi connectivity index (χ3v) is 4.21. The van der Waals surface area contributed by atoms with E-state index in [1.165, 1.54) is 29.3 Å². The lowest BCUT2D eigenvalue weighted by atomic mass is 10.1. The quantitative estimate of drug-likeness (QED) is 0.787. The Labute approximate surface area is 141 Å². The van der Waals surface area contributed by atoms with E-state index in [1.807, 2.05) is 0 Å². The highest BCUT2D eigenvalue weighted by atomic mass is 35.5. The molecule has 2 atom stereocenters. The van der Waals surface area contributed by atoms with Crippen LogP contribution in [0.1, 0.15) is 0 Å². The number of imide groups is 1. The van der Waals surface area contributed by atoms with E-state index in [1.54, 1.807) is 24.3 Å². The van der Waals surface area contributed by atoms with Gasteiger partial charge in [-0.15, -0.1) is 0 Å². The van der Waals surface area contributed by atoms with Crippen molar-refractivity contribution in [1.29, 1.82) is 0 Å². The molecule has 0 N–H and O–H groups in total. The van der Waals surface area contributed by atoms with Crippen LogP contribution in [-0.2, 0) is 9.59 Å². The maximum atomic E-state index is 13.1. The van der Waals surface area contributed by atoms with Crippen LogP contribution in [0.4, 0.5) is 15.8 Å². The van der Waals surface area contributed by atoms with Gasteiger partial charge in [0.25, 0.3) is 11.8 Å². The van der Waals surface area contributed by atoms with Crippen LogP contribution in [0, 0.1) is 5.82 Å². The molecule has 4 rings (SSSR count). The fourth-order valence-corrected chi connectivity index (χ4v) is 2.94. The highest BCUT2D eigenvalue weighted by molar-refractivity contribution is 6.30. The standard InChI is InChI=1S/C16H10ClFN4O2/c17-9-1-5-12(6-2-9)22-14-13(19-20-22)15(23)21(16(14)24)11-7-3-10(18)4-8-11/h1-8,13-14H/t13-,14-/m1/s1. The zero-order chi connectivity index (χ0) is 16.8. The first-order valence-corrected chi connectivity index (χ1v) is 7.53. The molecule has 0 aromatic heterocycles. The lowest BCUT2D eigenvalue weighted by Crippen LogP contribution is -2.39. The molecule has 24 heavy (non-hydrogen) atoms. The Kier molecular flexibility index (Phi) is 3.31. The summed E-state index contributed by atoms with van der Waals surface area (Å²) in [5.41, 5.74) is 0.921. The molecule has 120 valence electrons.